The molecule has 0 unspecified atom stereocenters. The molecule has 0 aromatic heterocycles. The van der Waals surface area contributed by atoms with Gasteiger partial charge in [0.15, 0.2) is 6.61 Å². The monoisotopic (exact) mass is 340 g/mol. The number of methoxy groups -OCH3 is 1. The Morgan fingerprint density at radius 3 is 2.23 bits per heavy atom. The van der Waals surface area contributed by atoms with E-state index in [-0.39, 0.29) is 28.2 Å². The molecular weight excluding hydrogens is 327 g/mol. The maximum atomic E-state index is 11.8. The number of nitrogens with one attached hydrogen (secondary N) is 1. The molecule has 2 aromatic rings. The van der Waals surface area contributed by atoms with E-state index in [2.05, 4.69) is 5.32 Å². The van der Waals surface area contributed by atoms with Gasteiger partial charge < -0.3 is 20.5 Å². The lowest BCUT2D eigenvalue weighted by atomic mass is 10.3. The molecule has 0 bridgehead atoms. The molecule has 3 N–H and O–H groups in total. The van der Waals surface area contributed by atoms with Crippen LogP contribution in [-0.2, 0) is 4.79 Å². The Hall–Kier alpha value is -2.11. The summed E-state index contributed by atoms with van der Waals surface area (Å²) < 4.78 is 10.4. The van der Waals surface area contributed by atoms with Gasteiger partial charge in [-0.15, -0.1) is 0 Å². The molecule has 0 atom stereocenters. The van der Waals surface area contributed by atoms with Crippen LogP contribution in [0.5, 0.6) is 11.5 Å². The molecule has 0 aliphatic rings. The first-order valence-corrected chi connectivity index (χ1v) is 7.06. The van der Waals surface area contributed by atoms with Crippen molar-refractivity contribution in [2.75, 3.05) is 24.8 Å². The zero-order valence-corrected chi connectivity index (χ0v) is 13.2. The second kappa shape index (κ2) is 7.24. The van der Waals surface area contributed by atoms with Crippen molar-refractivity contribution >= 4 is 40.5 Å². The largest absolute Gasteiger partial charge is 0.497 e. The van der Waals surface area contributed by atoms with Crippen LogP contribution in [0.25, 0.3) is 0 Å². The zero-order valence-electron chi connectivity index (χ0n) is 11.7. The van der Waals surface area contributed by atoms with E-state index < -0.39 is 0 Å². The number of halogens is 2. The third-order valence-corrected chi connectivity index (χ3v) is 3.42. The summed E-state index contributed by atoms with van der Waals surface area (Å²) in [5, 5.41) is 3.18. The summed E-state index contributed by atoms with van der Waals surface area (Å²) in [7, 11) is 1.58. The molecule has 7 heteroatoms. The van der Waals surface area contributed by atoms with Crippen molar-refractivity contribution in [3.8, 4) is 11.5 Å². The van der Waals surface area contributed by atoms with Crippen LogP contribution in [0, 0.1) is 0 Å². The van der Waals surface area contributed by atoms with Crippen molar-refractivity contribution in [1.82, 2.24) is 0 Å². The van der Waals surface area contributed by atoms with E-state index in [0.717, 1.165) is 0 Å². The maximum Gasteiger partial charge on any atom is 0.262 e. The first-order valence-electron chi connectivity index (χ1n) is 6.31. The molecule has 2 aromatic carbocycles. The van der Waals surface area contributed by atoms with Crippen molar-refractivity contribution in [3.63, 3.8) is 0 Å². The van der Waals surface area contributed by atoms with Gasteiger partial charge in [-0.25, -0.2) is 0 Å². The number of nitrogens with two attached hydrogens (primary N) is 1. The predicted octanol–water partition coefficient (Wildman–Crippen LogP) is 3.60. The quantitative estimate of drug-likeness (QED) is 0.815. The van der Waals surface area contributed by atoms with Gasteiger partial charge in [0.25, 0.3) is 5.91 Å². The van der Waals surface area contributed by atoms with Gasteiger partial charge in [0.2, 0.25) is 0 Å². The van der Waals surface area contributed by atoms with Crippen LogP contribution in [0.4, 0.5) is 11.4 Å². The number of ether oxygens (including phenoxy) is 2. The Balaban J connectivity index is 1.92. The van der Waals surface area contributed by atoms with Gasteiger partial charge in [0, 0.05) is 5.69 Å². The highest BCUT2D eigenvalue weighted by atomic mass is 35.5. The molecule has 0 aliphatic carbocycles. The topological polar surface area (TPSA) is 73.6 Å². The summed E-state index contributed by atoms with van der Waals surface area (Å²) >= 11 is 11.8. The molecule has 0 radical (unpaired) electrons. The number of hydrogen-bond acceptors (Lipinski definition) is 4. The summed E-state index contributed by atoms with van der Waals surface area (Å²) in [6.07, 6.45) is 0. The smallest absolute Gasteiger partial charge is 0.262 e. The van der Waals surface area contributed by atoms with Crippen molar-refractivity contribution in [2.24, 2.45) is 0 Å². The molecule has 1 amide bonds. The summed E-state index contributed by atoms with van der Waals surface area (Å²) in [5.74, 6) is 0.931. The third kappa shape index (κ3) is 4.19. The Morgan fingerprint density at radius 1 is 1.14 bits per heavy atom. The lowest BCUT2D eigenvalue weighted by Crippen LogP contribution is -2.20. The van der Waals surface area contributed by atoms with Crippen molar-refractivity contribution in [1.29, 1.82) is 0 Å². The van der Waals surface area contributed by atoms with E-state index in [1.807, 2.05) is 0 Å². The molecule has 5 nitrogen and oxygen atoms in total. The van der Waals surface area contributed by atoms with E-state index >= 15 is 0 Å². The third-order valence-electron chi connectivity index (χ3n) is 2.79. The number of hydrogen-bond donors (Lipinski definition) is 2. The SMILES string of the molecule is COc1ccc(OCC(=O)Nc2cc(Cl)c(N)c(Cl)c2)cc1. The van der Waals surface area contributed by atoms with Crippen LogP contribution < -0.4 is 20.5 Å². The van der Waals surface area contributed by atoms with Gasteiger partial charge >= 0.3 is 0 Å². The maximum absolute atomic E-state index is 11.8. The van der Waals surface area contributed by atoms with E-state index in [1.54, 1.807) is 31.4 Å². The van der Waals surface area contributed by atoms with E-state index in [4.69, 9.17) is 38.4 Å². The van der Waals surface area contributed by atoms with Crippen molar-refractivity contribution in [3.05, 3.63) is 46.4 Å². The van der Waals surface area contributed by atoms with E-state index in [1.165, 1.54) is 12.1 Å². The average molecular weight is 341 g/mol. The average Bonchev–Trinajstić information content (AvgIpc) is 2.51. The molecule has 116 valence electrons. The Kier molecular flexibility index (Phi) is 5.35. The first kappa shape index (κ1) is 16.3. The van der Waals surface area contributed by atoms with Crippen LogP contribution in [0.2, 0.25) is 10.0 Å². The van der Waals surface area contributed by atoms with Gasteiger partial charge in [0.1, 0.15) is 11.5 Å². The fourth-order valence-electron chi connectivity index (χ4n) is 1.67. The lowest BCUT2D eigenvalue weighted by Gasteiger charge is -2.10. The number of carbonyl (C=O) groups is 1. The molecule has 22 heavy (non-hydrogen) atoms. The highest BCUT2D eigenvalue weighted by Gasteiger charge is 2.08. The normalized spacial score (nSPS) is 10.1. The zero-order chi connectivity index (χ0) is 16.1. The van der Waals surface area contributed by atoms with Gasteiger partial charge in [-0.05, 0) is 36.4 Å². The Bertz CT molecular complexity index is 652. The van der Waals surface area contributed by atoms with Gasteiger partial charge in [-0.1, -0.05) is 23.2 Å². The fourth-order valence-corrected chi connectivity index (χ4v) is 2.16. The lowest BCUT2D eigenvalue weighted by molar-refractivity contribution is -0.118. The van der Waals surface area contributed by atoms with Crippen molar-refractivity contribution < 1.29 is 14.3 Å². The molecule has 0 saturated heterocycles. The van der Waals surface area contributed by atoms with Crippen LogP contribution in [-0.4, -0.2) is 19.6 Å². The van der Waals surface area contributed by atoms with Crippen LogP contribution in [0.15, 0.2) is 36.4 Å². The summed E-state index contributed by atoms with van der Waals surface area (Å²) in [6, 6.07) is 9.95. The van der Waals surface area contributed by atoms with Crippen LogP contribution >= 0.6 is 23.2 Å². The highest BCUT2D eigenvalue weighted by Crippen LogP contribution is 2.31. The number of anilines is 2. The minimum atomic E-state index is -0.340. The molecule has 0 fully saturated rings. The number of amides is 1. The Labute approximate surface area is 137 Å². The molecule has 0 aliphatic heterocycles. The summed E-state index contributed by atoms with van der Waals surface area (Å²) in [4.78, 5) is 11.8. The number of rotatable bonds is 5. The fraction of sp³-hybridized carbons (Fsp3) is 0.133. The van der Waals surface area contributed by atoms with Crippen LogP contribution in [0.1, 0.15) is 0 Å². The number of nitrogen functional groups attached to an aromatic ring is 1. The molecular formula is C15H14Cl2N2O3. The first-order chi connectivity index (χ1) is 10.5. The van der Waals surface area contributed by atoms with E-state index in [9.17, 15) is 4.79 Å². The number of benzene rings is 2. The van der Waals surface area contributed by atoms with Crippen LogP contribution in [0.3, 0.4) is 0 Å². The Morgan fingerprint density at radius 2 is 1.68 bits per heavy atom. The van der Waals surface area contributed by atoms with Gasteiger partial charge in [0.05, 0.1) is 22.8 Å². The molecule has 2 rings (SSSR count). The summed E-state index contributed by atoms with van der Waals surface area (Å²) in [6.45, 7) is -0.147. The van der Waals surface area contributed by atoms with Gasteiger partial charge in [-0.2, -0.15) is 0 Å². The molecule has 0 heterocycles. The predicted molar refractivity (Wildman–Crippen MR) is 88.0 cm³/mol. The molecule has 0 spiro atoms. The van der Waals surface area contributed by atoms with E-state index in [0.29, 0.717) is 17.2 Å². The minimum absolute atomic E-state index is 0.147. The van der Waals surface area contributed by atoms with Crippen molar-refractivity contribution in [2.45, 2.75) is 0 Å². The second-order valence-electron chi connectivity index (χ2n) is 4.37. The minimum Gasteiger partial charge on any atom is -0.497 e. The molecule has 0 saturated carbocycles. The summed E-state index contributed by atoms with van der Waals surface area (Å²) in [5.41, 5.74) is 6.35. The number of carbonyl (C=O) groups excluding carboxylic acids is 1. The standard InChI is InChI=1S/C15H14Cl2N2O3/c1-21-10-2-4-11(5-3-10)22-8-14(20)19-9-6-12(16)15(18)13(17)7-9/h2-7H,8,18H2,1H3,(H,19,20). The van der Waals surface area contributed by atoms with Gasteiger partial charge in [-0.3, -0.25) is 4.79 Å². The highest BCUT2D eigenvalue weighted by molar-refractivity contribution is 6.39. The second-order valence-corrected chi connectivity index (χ2v) is 5.18.